The van der Waals surface area contributed by atoms with E-state index in [1.807, 2.05) is 0 Å². The molecular weight excluding hydrogens is 335 g/mol. The molecule has 0 aliphatic heterocycles. The van der Waals surface area contributed by atoms with Gasteiger partial charge >= 0.3 is 0 Å². The molecule has 0 spiro atoms. The Morgan fingerprint density at radius 3 is 2.50 bits per heavy atom. The van der Waals surface area contributed by atoms with Crippen molar-refractivity contribution in [2.45, 2.75) is 0 Å². The van der Waals surface area contributed by atoms with E-state index in [9.17, 15) is 12.8 Å². The molecule has 1 N–H and O–H groups in total. The molecule has 6 nitrogen and oxygen atoms in total. The number of methoxy groups -OCH3 is 1. The number of anilines is 1. The normalized spacial score (nSPS) is 10.8. The number of hydrogen-bond acceptors (Lipinski definition) is 5. The van der Waals surface area contributed by atoms with Gasteiger partial charge in [0.25, 0.3) is 0 Å². The van der Waals surface area contributed by atoms with Crippen molar-refractivity contribution in [3.05, 3.63) is 54.5 Å². The van der Waals surface area contributed by atoms with Crippen molar-refractivity contribution in [1.29, 1.82) is 0 Å². The lowest BCUT2D eigenvalue weighted by Gasteiger charge is -2.10. The topological polar surface area (TPSA) is 77.5 Å². The molecule has 0 unspecified atom stereocenters. The van der Waals surface area contributed by atoms with Crippen LogP contribution in [-0.4, -0.2) is 20.5 Å². The standard InChI is InChI=1S/C16H13FN2O4S/c1-22-16-9-14-12(8-13(16)17)15(6-7-18-14)23-11-4-2-10(3-5-11)19-24(20)21/h2-9,24H,1H3,(H,19,20,21). The van der Waals surface area contributed by atoms with E-state index in [1.54, 1.807) is 36.5 Å². The molecule has 0 saturated heterocycles. The van der Waals surface area contributed by atoms with Crippen LogP contribution in [0.15, 0.2) is 48.7 Å². The third-order valence-corrected chi connectivity index (χ3v) is 3.72. The predicted octanol–water partition coefficient (Wildman–Crippen LogP) is 3.11. The van der Waals surface area contributed by atoms with E-state index >= 15 is 0 Å². The average Bonchev–Trinajstić information content (AvgIpc) is 2.56. The van der Waals surface area contributed by atoms with E-state index in [-0.39, 0.29) is 5.75 Å². The van der Waals surface area contributed by atoms with Gasteiger partial charge in [0.1, 0.15) is 11.5 Å². The Hall–Kier alpha value is -2.87. The molecule has 1 aromatic heterocycles. The molecule has 3 aromatic rings. The van der Waals surface area contributed by atoms with Crippen LogP contribution >= 0.6 is 0 Å². The molecular formula is C16H13FN2O4S. The molecule has 0 aliphatic carbocycles. The molecule has 24 heavy (non-hydrogen) atoms. The van der Waals surface area contributed by atoms with Crippen LogP contribution in [0.1, 0.15) is 0 Å². The lowest BCUT2D eigenvalue weighted by molar-refractivity contribution is 0.387. The molecule has 2 aromatic carbocycles. The second-order valence-corrected chi connectivity index (χ2v) is 5.55. The summed E-state index contributed by atoms with van der Waals surface area (Å²) >= 11 is 0. The van der Waals surface area contributed by atoms with Crippen LogP contribution in [0.2, 0.25) is 0 Å². The first-order chi connectivity index (χ1) is 11.6. The predicted molar refractivity (Wildman–Crippen MR) is 88.7 cm³/mol. The number of nitrogens with one attached hydrogen (secondary N) is 1. The van der Waals surface area contributed by atoms with Gasteiger partial charge in [0.2, 0.25) is 10.9 Å². The number of fused-ring (bicyclic) bond motifs is 1. The lowest BCUT2D eigenvalue weighted by Crippen LogP contribution is -1.95. The Morgan fingerprint density at radius 2 is 1.83 bits per heavy atom. The number of pyridine rings is 1. The number of aromatic nitrogens is 1. The smallest absolute Gasteiger partial charge is 0.222 e. The fourth-order valence-electron chi connectivity index (χ4n) is 2.20. The average molecular weight is 348 g/mol. The number of hydrogen-bond donors (Lipinski definition) is 2. The van der Waals surface area contributed by atoms with Gasteiger partial charge in [0.15, 0.2) is 11.6 Å². The number of ether oxygens (including phenoxy) is 2. The molecule has 0 aliphatic rings. The van der Waals surface area contributed by atoms with Gasteiger partial charge in [0, 0.05) is 23.3 Å². The largest absolute Gasteiger partial charge is 0.494 e. The molecule has 3 rings (SSSR count). The van der Waals surface area contributed by atoms with Crippen molar-refractivity contribution in [3.8, 4) is 17.2 Å². The molecule has 0 saturated carbocycles. The van der Waals surface area contributed by atoms with E-state index in [4.69, 9.17) is 9.47 Å². The molecule has 0 fully saturated rings. The quantitative estimate of drug-likeness (QED) is 0.693. The Balaban J connectivity index is 1.93. The summed E-state index contributed by atoms with van der Waals surface area (Å²) in [5.41, 5.74) is 0.959. The summed E-state index contributed by atoms with van der Waals surface area (Å²) in [6, 6.07) is 10.8. The fourth-order valence-corrected chi connectivity index (χ4v) is 2.56. The summed E-state index contributed by atoms with van der Waals surface area (Å²) in [6.45, 7) is 0. The van der Waals surface area contributed by atoms with Gasteiger partial charge in [0.05, 0.1) is 12.6 Å². The highest BCUT2D eigenvalue weighted by Crippen LogP contribution is 2.32. The number of nitrogens with zero attached hydrogens (tertiary/aromatic N) is 1. The van der Waals surface area contributed by atoms with Gasteiger partial charge in [-0.1, -0.05) is 0 Å². The van der Waals surface area contributed by atoms with Crippen LogP contribution in [-0.2, 0) is 10.9 Å². The van der Waals surface area contributed by atoms with Crippen LogP contribution in [0.3, 0.4) is 0 Å². The molecule has 0 bridgehead atoms. The number of halogens is 1. The van der Waals surface area contributed by atoms with Gasteiger partial charge in [-0.15, -0.1) is 0 Å². The number of thiol groups is 1. The minimum Gasteiger partial charge on any atom is -0.494 e. The van der Waals surface area contributed by atoms with Crippen LogP contribution in [0.25, 0.3) is 10.9 Å². The molecule has 0 radical (unpaired) electrons. The SMILES string of the molecule is COc1cc2nccc(Oc3ccc(N[SH](=O)=O)cc3)c2cc1F. The second kappa shape index (κ2) is 6.71. The van der Waals surface area contributed by atoms with E-state index < -0.39 is 16.7 Å². The Morgan fingerprint density at radius 1 is 1.08 bits per heavy atom. The highest BCUT2D eigenvalue weighted by molar-refractivity contribution is 7.73. The van der Waals surface area contributed by atoms with E-state index in [2.05, 4.69) is 9.71 Å². The van der Waals surface area contributed by atoms with Crippen molar-refractivity contribution in [2.24, 2.45) is 0 Å². The summed E-state index contributed by atoms with van der Waals surface area (Å²) in [4.78, 5) is 4.18. The Kier molecular flexibility index (Phi) is 4.48. The van der Waals surface area contributed by atoms with E-state index in [0.29, 0.717) is 28.1 Å². The minimum absolute atomic E-state index is 0.106. The highest BCUT2D eigenvalue weighted by atomic mass is 32.2. The first kappa shape index (κ1) is 16.0. The maximum absolute atomic E-state index is 13.9. The number of benzene rings is 2. The van der Waals surface area contributed by atoms with Crippen molar-refractivity contribution in [3.63, 3.8) is 0 Å². The first-order valence-corrected chi connectivity index (χ1v) is 8.06. The van der Waals surface area contributed by atoms with Gasteiger partial charge in [-0.05, 0) is 36.4 Å². The van der Waals surface area contributed by atoms with Gasteiger partial charge < -0.3 is 9.47 Å². The maximum atomic E-state index is 13.9. The zero-order chi connectivity index (χ0) is 17.1. The summed E-state index contributed by atoms with van der Waals surface area (Å²) in [6.07, 6.45) is 1.55. The van der Waals surface area contributed by atoms with Crippen molar-refractivity contribution in [2.75, 3.05) is 11.8 Å². The molecule has 0 amide bonds. The zero-order valence-electron chi connectivity index (χ0n) is 12.5. The molecule has 124 valence electrons. The van der Waals surface area contributed by atoms with Crippen LogP contribution in [0, 0.1) is 5.82 Å². The summed E-state index contributed by atoms with van der Waals surface area (Å²) < 4.78 is 48.1. The third kappa shape index (κ3) is 3.38. The fraction of sp³-hybridized carbons (Fsp3) is 0.0625. The van der Waals surface area contributed by atoms with Crippen LogP contribution in [0.4, 0.5) is 10.1 Å². The zero-order valence-corrected chi connectivity index (χ0v) is 13.4. The molecule has 8 heteroatoms. The summed E-state index contributed by atoms with van der Waals surface area (Å²) in [5, 5.41) is 0.501. The molecule has 0 atom stereocenters. The summed E-state index contributed by atoms with van der Waals surface area (Å²) in [5.74, 6) is 0.499. The van der Waals surface area contributed by atoms with Crippen molar-refractivity contribution >= 4 is 27.5 Å². The minimum atomic E-state index is -2.72. The second-order valence-electron chi connectivity index (χ2n) is 4.81. The van der Waals surface area contributed by atoms with Gasteiger partial charge in [-0.2, -0.15) is 0 Å². The Labute approximate surface area is 138 Å². The van der Waals surface area contributed by atoms with E-state index in [1.165, 1.54) is 19.2 Å². The van der Waals surface area contributed by atoms with E-state index in [0.717, 1.165) is 0 Å². The Bertz CT molecular complexity index is 950. The van der Waals surface area contributed by atoms with Crippen molar-refractivity contribution < 1.29 is 22.3 Å². The summed E-state index contributed by atoms with van der Waals surface area (Å²) in [7, 11) is -1.33. The third-order valence-electron chi connectivity index (χ3n) is 3.28. The lowest BCUT2D eigenvalue weighted by atomic mass is 10.2. The van der Waals surface area contributed by atoms with Gasteiger partial charge in [-0.25, -0.2) is 12.8 Å². The first-order valence-electron chi connectivity index (χ1n) is 6.88. The monoisotopic (exact) mass is 348 g/mol. The van der Waals surface area contributed by atoms with Gasteiger partial charge in [-0.3, -0.25) is 9.71 Å². The highest BCUT2D eigenvalue weighted by Gasteiger charge is 2.10. The van der Waals surface area contributed by atoms with Crippen LogP contribution < -0.4 is 14.2 Å². The van der Waals surface area contributed by atoms with Crippen LogP contribution in [0.5, 0.6) is 17.2 Å². The maximum Gasteiger partial charge on any atom is 0.222 e. The van der Waals surface area contributed by atoms with Crippen molar-refractivity contribution in [1.82, 2.24) is 4.98 Å². The number of rotatable bonds is 5. The molecule has 1 heterocycles.